The number of thioether (sulfide) groups is 1. The molecule has 2 aliphatic heterocycles. The zero-order chi connectivity index (χ0) is 32.1. The third-order valence-electron chi connectivity index (χ3n) is 7.53. The molecule has 4 atom stereocenters. The molecule has 2 aromatic carbocycles. The average Bonchev–Trinajstić information content (AvgIpc) is 3.53. The molecule has 2 aliphatic rings. The molecule has 2 saturated heterocycles. The highest BCUT2D eigenvalue weighted by atomic mass is 32.2. The minimum absolute atomic E-state index is 0.0865. The fourth-order valence-electron chi connectivity index (χ4n) is 5.26. The van der Waals surface area contributed by atoms with Gasteiger partial charge in [0.15, 0.2) is 6.29 Å². The fraction of sp³-hybridized carbons (Fsp3) is 0.355. The molecule has 14 heteroatoms. The van der Waals surface area contributed by atoms with E-state index < -0.39 is 42.4 Å². The number of amides is 2. The molecule has 5 rings (SSSR count). The van der Waals surface area contributed by atoms with Gasteiger partial charge in [-0.05, 0) is 48.2 Å². The molecule has 0 radical (unpaired) electrons. The Hall–Kier alpha value is -3.98. The van der Waals surface area contributed by atoms with Gasteiger partial charge >= 0.3 is 18.1 Å². The molecule has 238 valence electrons. The van der Waals surface area contributed by atoms with Crippen molar-refractivity contribution in [3.05, 3.63) is 89.1 Å². The monoisotopic (exact) mass is 645 g/mol. The summed E-state index contributed by atoms with van der Waals surface area (Å²) >= 11 is 1.26. The predicted molar refractivity (Wildman–Crippen MR) is 156 cm³/mol. The van der Waals surface area contributed by atoms with Gasteiger partial charge < -0.3 is 29.9 Å². The maximum absolute atomic E-state index is 13.0. The highest BCUT2D eigenvalue weighted by Crippen LogP contribution is 2.40. The molecule has 3 N–H and O–H groups in total. The number of pyridine rings is 1. The first kappa shape index (κ1) is 32.4. The Balaban J connectivity index is 1.30. The van der Waals surface area contributed by atoms with Gasteiger partial charge in [-0.3, -0.25) is 9.59 Å². The SMILES string of the molecule is O=C(O)c1cccnc1SCC1CC(c2ccc(CO)cc2)OC(c2ccc(NC(=O)C3CCCN3C(=O)C(F)(F)F)cc2)O1. The number of rotatable bonds is 9. The number of halogens is 3. The number of nitrogens with zero attached hydrogens (tertiary/aromatic N) is 2. The van der Waals surface area contributed by atoms with Crippen LogP contribution in [-0.4, -0.2) is 68.5 Å². The van der Waals surface area contributed by atoms with Gasteiger partial charge in [0.2, 0.25) is 5.91 Å². The van der Waals surface area contributed by atoms with Gasteiger partial charge in [0, 0.05) is 36.2 Å². The van der Waals surface area contributed by atoms with E-state index in [-0.39, 0.29) is 37.7 Å². The second kappa shape index (κ2) is 14.0. The number of benzene rings is 2. The van der Waals surface area contributed by atoms with E-state index in [4.69, 9.17) is 9.47 Å². The zero-order valence-electron chi connectivity index (χ0n) is 23.8. The molecule has 2 amide bonds. The minimum Gasteiger partial charge on any atom is -0.478 e. The first-order valence-corrected chi connectivity index (χ1v) is 15.1. The van der Waals surface area contributed by atoms with Crippen LogP contribution in [-0.2, 0) is 25.7 Å². The largest absolute Gasteiger partial charge is 0.478 e. The van der Waals surface area contributed by atoms with Gasteiger partial charge in [-0.2, -0.15) is 13.2 Å². The highest BCUT2D eigenvalue weighted by Gasteiger charge is 2.47. The molecule has 0 bridgehead atoms. The summed E-state index contributed by atoms with van der Waals surface area (Å²) in [5, 5.41) is 21.9. The first-order chi connectivity index (χ1) is 21.5. The molecule has 1 aromatic heterocycles. The maximum Gasteiger partial charge on any atom is 0.471 e. The molecule has 10 nitrogen and oxygen atoms in total. The van der Waals surface area contributed by atoms with Crippen molar-refractivity contribution in [3.8, 4) is 0 Å². The number of aromatic carboxylic acids is 1. The van der Waals surface area contributed by atoms with Gasteiger partial charge in [0.05, 0.1) is 24.4 Å². The van der Waals surface area contributed by atoms with Crippen molar-refractivity contribution in [2.24, 2.45) is 0 Å². The number of carbonyl (C=O) groups is 3. The van der Waals surface area contributed by atoms with Gasteiger partial charge in [-0.25, -0.2) is 9.78 Å². The number of hydrogen-bond donors (Lipinski definition) is 3. The number of carbonyl (C=O) groups excluding carboxylic acids is 2. The number of hydrogen-bond acceptors (Lipinski definition) is 8. The van der Waals surface area contributed by atoms with Crippen LogP contribution in [0.25, 0.3) is 0 Å². The Bertz CT molecular complexity index is 1520. The Morgan fingerprint density at radius 2 is 1.73 bits per heavy atom. The van der Waals surface area contributed by atoms with Crippen LogP contribution in [0.5, 0.6) is 0 Å². The van der Waals surface area contributed by atoms with Gasteiger partial charge in [-0.15, -0.1) is 11.8 Å². The quantitative estimate of drug-likeness (QED) is 0.271. The summed E-state index contributed by atoms with van der Waals surface area (Å²) in [6.07, 6.45) is -4.28. The molecule has 3 heterocycles. The number of nitrogens with one attached hydrogen (secondary N) is 1. The lowest BCUT2D eigenvalue weighted by Crippen LogP contribution is -2.48. The normalized spacial score (nSPS) is 21.8. The van der Waals surface area contributed by atoms with Crippen molar-refractivity contribution < 1.29 is 47.2 Å². The summed E-state index contributed by atoms with van der Waals surface area (Å²) in [5.41, 5.74) is 2.62. The highest BCUT2D eigenvalue weighted by molar-refractivity contribution is 7.99. The number of alkyl halides is 3. The molecular formula is C31H30F3N3O7S. The third kappa shape index (κ3) is 7.82. The van der Waals surface area contributed by atoms with E-state index in [9.17, 15) is 37.8 Å². The molecule has 0 aliphatic carbocycles. The smallest absolute Gasteiger partial charge is 0.471 e. The van der Waals surface area contributed by atoms with Crippen molar-refractivity contribution in [2.75, 3.05) is 17.6 Å². The molecule has 0 saturated carbocycles. The predicted octanol–water partition coefficient (Wildman–Crippen LogP) is 5.10. The summed E-state index contributed by atoms with van der Waals surface area (Å²) in [6.45, 7) is -0.250. The number of aliphatic hydroxyl groups excluding tert-OH is 1. The van der Waals surface area contributed by atoms with E-state index in [0.717, 1.165) is 11.1 Å². The lowest BCUT2D eigenvalue weighted by Gasteiger charge is -2.36. The Morgan fingerprint density at radius 3 is 2.40 bits per heavy atom. The maximum atomic E-state index is 13.0. The lowest BCUT2D eigenvalue weighted by atomic mass is 10.0. The number of likely N-dealkylation sites (tertiary alicyclic amines) is 1. The Kier molecular flexibility index (Phi) is 10.1. The van der Waals surface area contributed by atoms with Crippen molar-refractivity contribution in [1.29, 1.82) is 0 Å². The van der Waals surface area contributed by atoms with Crippen molar-refractivity contribution in [1.82, 2.24) is 9.88 Å². The minimum atomic E-state index is -5.06. The number of anilines is 1. The number of carboxylic acid groups (broad SMARTS) is 1. The fourth-order valence-corrected chi connectivity index (χ4v) is 6.26. The number of ether oxygens (including phenoxy) is 2. The molecule has 2 fully saturated rings. The summed E-state index contributed by atoms with van der Waals surface area (Å²) in [6, 6.07) is 15.6. The van der Waals surface area contributed by atoms with Crippen LogP contribution < -0.4 is 5.32 Å². The van der Waals surface area contributed by atoms with Crippen molar-refractivity contribution >= 4 is 35.2 Å². The number of carboxylic acids is 1. The molecule has 0 spiro atoms. The van der Waals surface area contributed by atoms with Crippen LogP contribution in [0.15, 0.2) is 71.9 Å². The van der Waals surface area contributed by atoms with E-state index in [1.807, 2.05) is 12.1 Å². The summed E-state index contributed by atoms with van der Waals surface area (Å²) < 4.78 is 51.5. The second-order valence-corrected chi connectivity index (χ2v) is 11.6. The van der Waals surface area contributed by atoms with E-state index in [2.05, 4.69) is 10.3 Å². The van der Waals surface area contributed by atoms with Gasteiger partial charge in [-0.1, -0.05) is 36.4 Å². The van der Waals surface area contributed by atoms with E-state index in [1.165, 1.54) is 24.0 Å². The van der Waals surface area contributed by atoms with Crippen LogP contribution in [0.1, 0.15) is 58.7 Å². The first-order valence-electron chi connectivity index (χ1n) is 14.1. The van der Waals surface area contributed by atoms with Gasteiger partial charge in [0.25, 0.3) is 0 Å². The topological polar surface area (TPSA) is 138 Å². The van der Waals surface area contributed by atoms with Crippen LogP contribution in [0.3, 0.4) is 0 Å². The van der Waals surface area contributed by atoms with Crippen LogP contribution >= 0.6 is 11.8 Å². The summed E-state index contributed by atoms with van der Waals surface area (Å²) in [5.74, 6) is -3.44. The van der Waals surface area contributed by atoms with Crippen LogP contribution in [0.4, 0.5) is 18.9 Å². The Labute approximate surface area is 260 Å². The molecule has 45 heavy (non-hydrogen) atoms. The van der Waals surface area contributed by atoms with E-state index in [1.54, 1.807) is 42.5 Å². The van der Waals surface area contributed by atoms with E-state index in [0.29, 0.717) is 33.4 Å². The summed E-state index contributed by atoms with van der Waals surface area (Å²) in [7, 11) is 0. The Morgan fingerprint density at radius 1 is 1.02 bits per heavy atom. The molecule has 3 aromatic rings. The average molecular weight is 646 g/mol. The summed E-state index contributed by atoms with van der Waals surface area (Å²) in [4.78, 5) is 41.0. The van der Waals surface area contributed by atoms with Crippen LogP contribution in [0, 0.1) is 0 Å². The van der Waals surface area contributed by atoms with Gasteiger partial charge in [0.1, 0.15) is 11.1 Å². The van der Waals surface area contributed by atoms with Crippen LogP contribution in [0.2, 0.25) is 0 Å². The van der Waals surface area contributed by atoms with Crippen molar-refractivity contribution in [3.63, 3.8) is 0 Å². The second-order valence-electron chi connectivity index (χ2n) is 10.6. The molecule has 4 unspecified atom stereocenters. The zero-order valence-corrected chi connectivity index (χ0v) is 24.6. The standard InChI is InChI=1S/C31H30F3N3O7S/c32-31(33,34)30(42)37-14-2-4-24(37)26(39)36-21-11-9-20(10-12-21)29-43-22(17-45-27-23(28(40)41)3-1-13-35-27)15-25(44-29)19-7-5-18(16-38)6-8-19/h1,3,5-13,22,24-25,29,38H,2,4,14-17H2,(H,36,39)(H,40,41). The van der Waals surface area contributed by atoms with E-state index >= 15 is 0 Å². The number of aromatic nitrogens is 1. The third-order valence-corrected chi connectivity index (χ3v) is 8.67. The van der Waals surface area contributed by atoms with Crippen molar-refractivity contribution in [2.45, 2.75) is 61.6 Å². The lowest BCUT2D eigenvalue weighted by molar-refractivity contribution is -0.245. The molecular weight excluding hydrogens is 615 g/mol. The number of aliphatic hydroxyl groups is 1.